The van der Waals surface area contributed by atoms with E-state index < -0.39 is 0 Å². The Labute approximate surface area is 153 Å². The topological polar surface area (TPSA) is 49.3 Å². The second-order valence-electron chi connectivity index (χ2n) is 6.60. The summed E-state index contributed by atoms with van der Waals surface area (Å²) in [6, 6.07) is 8.31. The van der Waals surface area contributed by atoms with Gasteiger partial charge in [-0.15, -0.1) is 11.8 Å². The molecule has 0 saturated carbocycles. The van der Waals surface area contributed by atoms with Crippen LogP contribution in [0.4, 0.5) is 5.82 Å². The van der Waals surface area contributed by atoms with Gasteiger partial charge < -0.3 is 9.80 Å². The molecule has 2 heterocycles. The number of hydrogen-bond donors (Lipinski definition) is 0. The van der Waals surface area contributed by atoms with Crippen molar-refractivity contribution in [3.05, 3.63) is 47.4 Å². The third-order valence-corrected chi connectivity index (χ3v) is 5.50. The molecule has 0 fully saturated rings. The van der Waals surface area contributed by atoms with Gasteiger partial charge in [0.2, 0.25) is 5.91 Å². The van der Waals surface area contributed by atoms with Gasteiger partial charge in [0.05, 0.1) is 17.5 Å². The van der Waals surface area contributed by atoms with Crippen LogP contribution >= 0.6 is 11.8 Å². The van der Waals surface area contributed by atoms with Gasteiger partial charge in [-0.25, -0.2) is 9.97 Å². The molecule has 1 atom stereocenters. The highest BCUT2D eigenvalue weighted by Gasteiger charge is 2.27. The van der Waals surface area contributed by atoms with E-state index in [2.05, 4.69) is 41.2 Å². The molecule has 2 aromatic rings. The minimum absolute atomic E-state index is 0.112. The number of aromatic nitrogens is 2. The average molecular weight is 356 g/mol. The molecule has 0 saturated heterocycles. The lowest BCUT2D eigenvalue weighted by Crippen LogP contribution is -2.41. The lowest BCUT2D eigenvalue weighted by Gasteiger charge is -2.31. The van der Waals surface area contributed by atoms with Crippen LogP contribution in [0.3, 0.4) is 0 Å². The zero-order valence-corrected chi connectivity index (χ0v) is 16.0. The van der Waals surface area contributed by atoms with E-state index >= 15 is 0 Å². The lowest BCUT2D eigenvalue weighted by atomic mass is 10.0. The summed E-state index contributed by atoms with van der Waals surface area (Å²) in [6.07, 6.45) is 2.39. The van der Waals surface area contributed by atoms with Gasteiger partial charge in [-0.2, -0.15) is 0 Å². The van der Waals surface area contributed by atoms with Gasteiger partial charge >= 0.3 is 0 Å². The average Bonchev–Trinajstić information content (AvgIpc) is 2.61. The largest absolute Gasteiger partial charge is 0.362 e. The highest BCUT2D eigenvalue weighted by molar-refractivity contribution is 8.00. The van der Waals surface area contributed by atoms with Gasteiger partial charge in [-0.1, -0.05) is 17.7 Å². The van der Waals surface area contributed by atoms with Crippen molar-refractivity contribution in [2.75, 3.05) is 25.5 Å². The van der Waals surface area contributed by atoms with Crippen molar-refractivity contribution in [1.29, 1.82) is 0 Å². The second kappa shape index (κ2) is 7.44. The van der Waals surface area contributed by atoms with E-state index in [1.54, 1.807) is 18.1 Å². The maximum absolute atomic E-state index is 12.8. The molecule has 0 radical (unpaired) electrons. The molecule has 1 aromatic carbocycles. The Hall–Kier alpha value is -2.08. The fraction of sp³-hybridized carbons (Fsp3) is 0.421. The van der Waals surface area contributed by atoms with Crippen LogP contribution in [0.25, 0.3) is 0 Å². The van der Waals surface area contributed by atoms with Crippen molar-refractivity contribution in [2.45, 2.75) is 37.0 Å². The third-order valence-electron chi connectivity index (χ3n) is 4.40. The number of aryl methyl sites for hydroxylation is 1. The number of thioether (sulfide) groups is 1. The Bertz CT molecular complexity index is 761. The Balaban J connectivity index is 1.69. The first-order valence-corrected chi connectivity index (χ1v) is 9.36. The first-order chi connectivity index (χ1) is 12.0. The number of hydrogen-bond acceptors (Lipinski definition) is 5. The number of amides is 1. The highest BCUT2D eigenvalue weighted by Crippen LogP contribution is 2.28. The zero-order chi connectivity index (χ0) is 18.0. The standard InChI is InChI=1S/C19H24N4OS/c1-13-5-7-15(8-6-13)25-14(2)19(24)23-10-9-16-17(11-23)20-12-21-18(16)22(3)4/h5-8,12,14H,9-11H2,1-4H3/t14-/m0/s1. The van der Waals surface area contributed by atoms with Gasteiger partial charge in [0.15, 0.2) is 0 Å². The summed E-state index contributed by atoms with van der Waals surface area (Å²) in [4.78, 5) is 26.7. The predicted molar refractivity (Wildman–Crippen MR) is 102 cm³/mol. The number of nitrogens with zero attached hydrogens (tertiary/aromatic N) is 4. The normalized spacial score (nSPS) is 14.8. The molecule has 0 bridgehead atoms. The maximum Gasteiger partial charge on any atom is 0.236 e. The first kappa shape index (κ1) is 17.7. The molecule has 5 nitrogen and oxygen atoms in total. The molecule has 1 amide bonds. The summed E-state index contributed by atoms with van der Waals surface area (Å²) < 4.78 is 0. The number of carbonyl (C=O) groups is 1. The van der Waals surface area contributed by atoms with Gasteiger partial charge in [0, 0.05) is 31.1 Å². The fourth-order valence-electron chi connectivity index (χ4n) is 3.04. The maximum atomic E-state index is 12.8. The molecule has 25 heavy (non-hydrogen) atoms. The Morgan fingerprint density at radius 2 is 1.96 bits per heavy atom. The Kier molecular flexibility index (Phi) is 5.27. The van der Waals surface area contributed by atoms with Crippen LogP contribution in [0.5, 0.6) is 0 Å². The molecule has 132 valence electrons. The summed E-state index contributed by atoms with van der Waals surface area (Å²) in [6.45, 7) is 5.33. The molecular formula is C19H24N4OS. The summed E-state index contributed by atoms with van der Waals surface area (Å²) in [5.41, 5.74) is 3.36. The van der Waals surface area contributed by atoms with Crippen LogP contribution in [0.15, 0.2) is 35.5 Å². The summed E-state index contributed by atoms with van der Waals surface area (Å²) >= 11 is 1.61. The first-order valence-electron chi connectivity index (χ1n) is 8.48. The van der Waals surface area contributed by atoms with Gasteiger partial charge in [-0.05, 0) is 32.4 Å². The molecule has 1 aliphatic rings. The molecule has 1 aliphatic heterocycles. The number of anilines is 1. The van der Waals surface area contributed by atoms with E-state index in [9.17, 15) is 4.79 Å². The lowest BCUT2D eigenvalue weighted by molar-refractivity contribution is -0.131. The minimum Gasteiger partial charge on any atom is -0.362 e. The van der Waals surface area contributed by atoms with Gasteiger partial charge in [-0.3, -0.25) is 4.79 Å². The van der Waals surface area contributed by atoms with E-state index in [-0.39, 0.29) is 11.2 Å². The van der Waals surface area contributed by atoms with Gasteiger partial charge in [0.25, 0.3) is 0 Å². The number of carbonyl (C=O) groups excluding carboxylic acids is 1. The molecule has 0 unspecified atom stereocenters. The van der Waals surface area contributed by atoms with Crippen molar-refractivity contribution in [1.82, 2.24) is 14.9 Å². The predicted octanol–water partition coefficient (Wildman–Crippen LogP) is 2.92. The van der Waals surface area contributed by atoms with Crippen molar-refractivity contribution in [3.8, 4) is 0 Å². The summed E-state index contributed by atoms with van der Waals surface area (Å²) in [5.74, 6) is 1.13. The monoisotopic (exact) mass is 356 g/mol. The minimum atomic E-state index is -0.112. The second-order valence-corrected chi connectivity index (χ2v) is 8.01. The SMILES string of the molecule is Cc1ccc(S[C@@H](C)C(=O)N2CCc3c(ncnc3N(C)C)C2)cc1. The van der Waals surface area contributed by atoms with Crippen molar-refractivity contribution >= 4 is 23.5 Å². The molecule has 0 aliphatic carbocycles. The quantitative estimate of drug-likeness (QED) is 0.789. The van der Waals surface area contributed by atoms with Crippen molar-refractivity contribution in [3.63, 3.8) is 0 Å². The third kappa shape index (κ3) is 3.95. The molecule has 1 aromatic heterocycles. The van der Waals surface area contributed by atoms with Crippen LogP contribution in [-0.2, 0) is 17.8 Å². The molecule has 3 rings (SSSR count). The molecule has 0 spiro atoms. The van der Waals surface area contributed by atoms with Crippen LogP contribution in [0.1, 0.15) is 23.7 Å². The van der Waals surface area contributed by atoms with E-state index in [1.807, 2.05) is 30.8 Å². The Morgan fingerprint density at radius 3 is 2.64 bits per heavy atom. The van der Waals surface area contributed by atoms with Crippen LogP contribution in [0.2, 0.25) is 0 Å². The summed E-state index contributed by atoms with van der Waals surface area (Å²) in [7, 11) is 3.97. The van der Waals surface area contributed by atoms with Crippen LogP contribution < -0.4 is 4.90 Å². The fourth-order valence-corrected chi connectivity index (χ4v) is 3.99. The molecular weight excluding hydrogens is 332 g/mol. The van der Waals surface area contributed by atoms with E-state index in [4.69, 9.17) is 0 Å². The number of rotatable bonds is 4. The van der Waals surface area contributed by atoms with E-state index in [1.165, 1.54) is 5.56 Å². The van der Waals surface area contributed by atoms with Crippen molar-refractivity contribution < 1.29 is 4.79 Å². The number of fused-ring (bicyclic) bond motifs is 1. The molecule has 0 N–H and O–H groups in total. The summed E-state index contributed by atoms with van der Waals surface area (Å²) in [5, 5.41) is -0.112. The van der Waals surface area contributed by atoms with E-state index in [0.717, 1.165) is 34.9 Å². The number of benzene rings is 1. The highest BCUT2D eigenvalue weighted by atomic mass is 32.2. The molecule has 6 heteroatoms. The van der Waals surface area contributed by atoms with E-state index in [0.29, 0.717) is 6.54 Å². The smallest absolute Gasteiger partial charge is 0.236 e. The van der Waals surface area contributed by atoms with Crippen LogP contribution in [-0.4, -0.2) is 46.7 Å². The zero-order valence-electron chi connectivity index (χ0n) is 15.2. The van der Waals surface area contributed by atoms with Gasteiger partial charge in [0.1, 0.15) is 12.1 Å². The van der Waals surface area contributed by atoms with Crippen LogP contribution in [0, 0.1) is 6.92 Å². The van der Waals surface area contributed by atoms with Crippen molar-refractivity contribution in [2.24, 2.45) is 0 Å². The Morgan fingerprint density at radius 1 is 1.24 bits per heavy atom.